The summed E-state index contributed by atoms with van der Waals surface area (Å²) >= 11 is 0. The zero-order chi connectivity index (χ0) is 19.5. The van der Waals surface area contributed by atoms with E-state index in [1.165, 1.54) is 5.56 Å². The predicted molar refractivity (Wildman–Crippen MR) is 106 cm³/mol. The minimum absolute atomic E-state index is 0.327. The molecule has 4 rings (SSSR count). The summed E-state index contributed by atoms with van der Waals surface area (Å²) in [5.41, 5.74) is 4.09. The highest BCUT2D eigenvalue weighted by atomic mass is 16.5. The first kappa shape index (κ1) is 18.4. The summed E-state index contributed by atoms with van der Waals surface area (Å²) in [5.74, 6) is 0.934. The molecule has 0 amide bonds. The Morgan fingerprint density at radius 2 is 2.04 bits per heavy atom. The molecule has 6 heteroatoms. The third-order valence-electron chi connectivity index (χ3n) is 4.95. The minimum atomic E-state index is 0.327. The first-order valence-electron chi connectivity index (χ1n) is 9.38. The van der Waals surface area contributed by atoms with Crippen LogP contribution in [0.15, 0.2) is 36.5 Å². The fourth-order valence-electron chi connectivity index (χ4n) is 3.54. The Hall–Kier alpha value is -3.01. The van der Waals surface area contributed by atoms with Gasteiger partial charge in [-0.05, 0) is 43.2 Å². The number of benzene rings is 1. The molecule has 1 aliphatic heterocycles. The predicted octanol–water partition coefficient (Wildman–Crippen LogP) is 3.74. The van der Waals surface area contributed by atoms with E-state index in [0.717, 1.165) is 55.0 Å². The summed E-state index contributed by atoms with van der Waals surface area (Å²) in [4.78, 5) is 11.4. The second-order valence-electron chi connectivity index (χ2n) is 6.99. The number of aromatic nitrogens is 2. The van der Waals surface area contributed by atoms with Crippen LogP contribution in [0.4, 0.5) is 0 Å². The molecule has 3 heterocycles. The summed E-state index contributed by atoms with van der Waals surface area (Å²) in [7, 11) is 0. The number of ether oxygens (including phenoxy) is 2. The van der Waals surface area contributed by atoms with Gasteiger partial charge in [-0.25, -0.2) is 4.98 Å². The Balaban J connectivity index is 1.72. The number of nitriles is 1. The van der Waals surface area contributed by atoms with Crippen LogP contribution in [0.5, 0.6) is 11.6 Å². The first-order valence-corrected chi connectivity index (χ1v) is 9.38. The van der Waals surface area contributed by atoms with Gasteiger partial charge in [-0.1, -0.05) is 12.1 Å². The summed E-state index contributed by atoms with van der Waals surface area (Å²) in [6, 6.07) is 12.1. The molecule has 6 nitrogen and oxygen atoms in total. The lowest BCUT2D eigenvalue weighted by Crippen LogP contribution is -2.35. The Kier molecular flexibility index (Phi) is 5.20. The van der Waals surface area contributed by atoms with Crippen molar-refractivity contribution >= 4 is 10.9 Å². The van der Waals surface area contributed by atoms with Crippen molar-refractivity contribution in [2.75, 3.05) is 26.3 Å². The highest BCUT2D eigenvalue weighted by Crippen LogP contribution is 2.32. The van der Waals surface area contributed by atoms with Crippen LogP contribution >= 0.6 is 0 Å². The lowest BCUT2D eigenvalue weighted by Gasteiger charge is -2.27. The SMILES string of the molecule is Cc1cc(C)c(C#N)c(Oc2ccc(CN3CCOCC3)c3cccnc23)n1. The summed E-state index contributed by atoms with van der Waals surface area (Å²) in [5, 5.41) is 10.6. The van der Waals surface area contributed by atoms with E-state index in [2.05, 4.69) is 33.1 Å². The van der Waals surface area contributed by atoms with E-state index in [1.54, 1.807) is 6.20 Å². The molecule has 1 aliphatic rings. The maximum Gasteiger partial charge on any atom is 0.237 e. The topological polar surface area (TPSA) is 71.3 Å². The van der Waals surface area contributed by atoms with Crippen molar-refractivity contribution in [1.29, 1.82) is 5.26 Å². The smallest absolute Gasteiger partial charge is 0.237 e. The molecule has 0 aliphatic carbocycles. The van der Waals surface area contributed by atoms with Crippen molar-refractivity contribution in [3.05, 3.63) is 58.9 Å². The number of hydrogen-bond donors (Lipinski definition) is 0. The Morgan fingerprint density at radius 1 is 1.21 bits per heavy atom. The molecule has 142 valence electrons. The number of nitrogens with zero attached hydrogens (tertiary/aromatic N) is 4. The van der Waals surface area contributed by atoms with Crippen LogP contribution in [0.25, 0.3) is 10.9 Å². The zero-order valence-electron chi connectivity index (χ0n) is 16.1. The van der Waals surface area contributed by atoms with Crippen LogP contribution in [0, 0.1) is 25.2 Å². The van der Waals surface area contributed by atoms with Crippen LogP contribution in [-0.4, -0.2) is 41.2 Å². The van der Waals surface area contributed by atoms with Gasteiger partial charge in [0.2, 0.25) is 5.88 Å². The van der Waals surface area contributed by atoms with Crippen molar-refractivity contribution in [3.63, 3.8) is 0 Å². The average Bonchev–Trinajstić information content (AvgIpc) is 2.70. The number of fused-ring (bicyclic) bond motifs is 1. The van der Waals surface area contributed by atoms with Gasteiger partial charge in [0, 0.05) is 36.9 Å². The molecule has 1 saturated heterocycles. The minimum Gasteiger partial charge on any atom is -0.435 e. The molecule has 1 fully saturated rings. The van der Waals surface area contributed by atoms with Crippen molar-refractivity contribution in [1.82, 2.24) is 14.9 Å². The zero-order valence-corrected chi connectivity index (χ0v) is 16.1. The van der Waals surface area contributed by atoms with Crippen LogP contribution in [0.1, 0.15) is 22.4 Å². The van der Waals surface area contributed by atoms with E-state index < -0.39 is 0 Å². The molecule has 0 spiro atoms. The van der Waals surface area contributed by atoms with Gasteiger partial charge < -0.3 is 9.47 Å². The van der Waals surface area contributed by atoms with Gasteiger partial charge in [0.25, 0.3) is 0 Å². The lowest BCUT2D eigenvalue weighted by atomic mass is 10.1. The molecule has 28 heavy (non-hydrogen) atoms. The highest BCUT2D eigenvalue weighted by Gasteiger charge is 2.17. The maximum absolute atomic E-state index is 9.51. The number of pyridine rings is 2. The van der Waals surface area contributed by atoms with E-state index >= 15 is 0 Å². The second-order valence-corrected chi connectivity index (χ2v) is 6.99. The molecule has 3 aromatic rings. The molecular weight excluding hydrogens is 352 g/mol. The number of rotatable bonds is 4. The molecule has 1 aromatic carbocycles. The fraction of sp³-hybridized carbons (Fsp3) is 0.318. The van der Waals surface area contributed by atoms with Gasteiger partial charge >= 0.3 is 0 Å². The Labute approximate surface area is 164 Å². The standard InChI is InChI=1S/C22H22N4O2/c1-15-12-16(2)25-22(19(15)13-23)28-20-6-5-17(14-26-8-10-27-11-9-26)18-4-3-7-24-21(18)20/h3-7,12H,8-11,14H2,1-2H3. The molecule has 0 saturated carbocycles. The normalized spacial score (nSPS) is 14.8. The van der Waals surface area contributed by atoms with Crippen LogP contribution in [-0.2, 0) is 11.3 Å². The van der Waals surface area contributed by atoms with Crippen molar-refractivity contribution in [3.8, 4) is 17.7 Å². The van der Waals surface area contributed by atoms with Gasteiger partial charge in [0.15, 0.2) is 5.75 Å². The third-order valence-corrected chi connectivity index (χ3v) is 4.95. The first-order chi connectivity index (χ1) is 13.7. The van der Waals surface area contributed by atoms with E-state index in [4.69, 9.17) is 9.47 Å². The molecular formula is C22H22N4O2. The maximum atomic E-state index is 9.51. The van der Waals surface area contributed by atoms with Gasteiger partial charge in [0.1, 0.15) is 17.1 Å². The summed E-state index contributed by atoms with van der Waals surface area (Å²) < 4.78 is 11.5. The quantitative estimate of drug-likeness (QED) is 0.693. The van der Waals surface area contributed by atoms with Crippen LogP contribution < -0.4 is 4.74 Å². The average molecular weight is 374 g/mol. The molecule has 2 aromatic heterocycles. The summed E-state index contributed by atoms with van der Waals surface area (Å²) in [6.45, 7) is 8.03. The number of morpholine rings is 1. The number of hydrogen-bond acceptors (Lipinski definition) is 6. The van der Waals surface area contributed by atoms with Gasteiger partial charge in [-0.2, -0.15) is 5.26 Å². The number of aryl methyl sites for hydroxylation is 2. The van der Waals surface area contributed by atoms with Gasteiger partial charge in [0.05, 0.1) is 13.2 Å². The van der Waals surface area contributed by atoms with Crippen molar-refractivity contribution < 1.29 is 9.47 Å². The van der Waals surface area contributed by atoms with E-state index in [0.29, 0.717) is 17.2 Å². The summed E-state index contributed by atoms with van der Waals surface area (Å²) in [6.07, 6.45) is 1.76. The van der Waals surface area contributed by atoms with Crippen LogP contribution in [0.2, 0.25) is 0 Å². The van der Waals surface area contributed by atoms with Gasteiger partial charge in [-0.15, -0.1) is 0 Å². The Bertz CT molecular complexity index is 1050. The monoisotopic (exact) mass is 374 g/mol. The highest BCUT2D eigenvalue weighted by molar-refractivity contribution is 5.87. The second kappa shape index (κ2) is 7.93. The lowest BCUT2D eigenvalue weighted by molar-refractivity contribution is 0.0343. The van der Waals surface area contributed by atoms with E-state index in [-0.39, 0.29) is 0 Å². The van der Waals surface area contributed by atoms with Crippen molar-refractivity contribution in [2.24, 2.45) is 0 Å². The largest absolute Gasteiger partial charge is 0.435 e. The van der Waals surface area contributed by atoms with Crippen LogP contribution in [0.3, 0.4) is 0 Å². The van der Waals surface area contributed by atoms with E-state index in [9.17, 15) is 5.26 Å². The molecule has 0 radical (unpaired) electrons. The van der Waals surface area contributed by atoms with Crippen molar-refractivity contribution in [2.45, 2.75) is 20.4 Å². The molecule has 0 bridgehead atoms. The molecule has 0 atom stereocenters. The van der Waals surface area contributed by atoms with E-state index in [1.807, 2.05) is 32.0 Å². The Morgan fingerprint density at radius 3 is 2.82 bits per heavy atom. The third kappa shape index (κ3) is 3.68. The molecule has 0 unspecified atom stereocenters. The van der Waals surface area contributed by atoms with Gasteiger partial charge in [-0.3, -0.25) is 9.88 Å². The molecule has 0 N–H and O–H groups in total. The fourth-order valence-corrected chi connectivity index (χ4v) is 3.54.